The Morgan fingerprint density at radius 1 is 1.47 bits per heavy atom. The minimum absolute atomic E-state index is 0.270. The van der Waals surface area contributed by atoms with E-state index in [1.54, 1.807) is 18.3 Å². The molecular weight excluding hydrogens is 262 g/mol. The van der Waals surface area contributed by atoms with Gasteiger partial charge in [-0.25, -0.2) is 13.4 Å². The van der Waals surface area contributed by atoms with Crippen LogP contribution in [0.2, 0.25) is 0 Å². The highest BCUT2D eigenvalue weighted by molar-refractivity contribution is 7.90. The molecule has 2 rings (SSSR count). The summed E-state index contributed by atoms with van der Waals surface area (Å²) in [6, 6.07) is 3.52. The van der Waals surface area contributed by atoms with E-state index < -0.39 is 9.84 Å². The van der Waals surface area contributed by atoms with Crippen LogP contribution in [0.3, 0.4) is 0 Å². The number of likely N-dealkylation sites (tertiary alicyclic amines) is 1. The van der Waals surface area contributed by atoms with E-state index in [1.807, 2.05) is 0 Å². The fourth-order valence-corrected chi connectivity index (χ4v) is 3.33. The van der Waals surface area contributed by atoms with Crippen LogP contribution in [0.25, 0.3) is 0 Å². The predicted octanol–water partition coefficient (Wildman–Crippen LogP) is 1.24. The lowest BCUT2D eigenvalue weighted by Crippen LogP contribution is -2.43. The van der Waals surface area contributed by atoms with E-state index in [4.69, 9.17) is 0 Å². The van der Waals surface area contributed by atoms with Gasteiger partial charge in [-0.05, 0) is 38.1 Å². The first kappa shape index (κ1) is 14.3. The Hall–Kier alpha value is -1.14. The number of pyridine rings is 1. The molecule has 0 amide bonds. The Kier molecular flexibility index (Phi) is 4.10. The molecule has 0 radical (unpaired) electrons. The maximum Gasteiger partial charge on any atom is 0.179 e. The largest absolute Gasteiger partial charge is 0.366 e. The average Bonchev–Trinajstić information content (AvgIpc) is 2.32. The van der Waals surface area contributed by atoms with Gasteiger partial charge in [0.25, 0.3) is 0 Å². The van der Waals surface area contributed by atoms with Gasteiger partial charge in [-0.3, -0.25) is 0 Å². The van der Waals surface area contributed by atoms with Crippen LogP contribution in [-0.4, -0.2) is 50.7 Å². The topological polar surface area (TPSA) is 62.3 Å². The summed E-state index contributed by atoms with van der Waals surface area (Å²) in [7, 11) is -1.14. The number of anilines is 1. The second kappa shape index (κ2) is 5.46. The van der Waals surface area contributed by atoms with Gasteiger partial charge in [0.1, 0.15) is 10.7 Å². The SMILES string of the molecule is CC1CN(C)CCC1Nc1ncccc1S(C)(=O)=O. The van der Waals surface area contributed by atoms with Crippen molar-refractivity contribution < 1.29 is 8.42 Å². The minimum atomic E-state index is -3.25. The van der Waals surface area contributed by atoms with Crippen LogP contribution >= 0.6 is 0 Å². The first-order valence-electron chi connectivity index (χ1n) is 6.48. The summed E-state index contributed by atoms with van der Waals surface area (Å²) in [6.45, 7) is 4.21. The summed E-state index contributed by atoms with van der Waals surface area (Å²) in [4.78, 5) is 6.76. The molecule has 106 valence electrons. The van der Waals surface area contributed by atoms with E-state index in [0.717, 1.165) is 19.5 Å². The molecule has 2 unspecified atom stereocenters. The van der Waals surface area contributed by atoms with Crippen molar-refractivity contribution in [3.05, 3.63) is 18.3 Å². The molecule has 1 fully saturated rings. The van der Waals surface area contributed by atoms with Crippen LogP contribution in [0.1, 0.15) is 13.3 Å². The Morgan fingerprint density at radius 3 is 2.84 bits per heavy atom. The number of sulfone groups is 1. The zero-order valence-electron chi connectivity index (χ0n) is 11.6. The monoisotopic (exact) mass is 283 g/mol. The highest BCUT2D eigenvalue weighted by Crippen LogP contribution is 2.23. The van der Waals surface area contributed by atoms with Crippen molar-refractivity contribution in [3.8, 4) is 0 Å². The van der Waals surface area contributed by atoms with Crippen LogP contribution in [0, 0.1) is 5.92 Å². The third-order valence-electron chi connectivity index (χ3n) is 3.60. The number of aromatic nitrogens is 1. The Morgan fingerprint density at radius 2 is 2.21 bits per heavy atom. The van der Waals surface area contributed by atoms with Crippen molar-refractivity contribution in [2.45, 2.75) is 24.3 Å². The van der Waals surface area contributed by atoms with Gasteiger partial charge >= 0.3 is 0 Å². The van der Waals surface area contributed by atoms with Gasteiger partial charge < -0.3 is 10.2 Å². The van der Waals surface area contributed by atoms with Crippen LogP contribution in [0.15, 0.2) is 23.2 Å². The number of nitrogens with one attached hydrogen (secondary N) is 1. The van der Waals surface area contributed by atoms with Gasteiger partial charge in [0.05, 0.1) is 0 Å². The fourth-order valence-electron chi connectivity index (χ4n) is 2.54. The molecule has 1 N–H and O–H groups in total. The van der Waals surface area contributed by atoms with Gasteiger partial charge in [0.2, 0.25) is 0 Å². The summed E-state index contributed by atoms with van der Waals surface area (Å²) in [5.74, 6) is 0.944. The number of nitrogens with zero attached hydrogens (tertiary/aromatic N) is 2. The van der Waals surface area contributed by atoms with E-state index >= 15 is 0 Å². The molecule has 1 aliphatic heterocycles. The lowest BCUT2D eigenvalue weighted by atomic mass is 9.94. The Balaban J connectivity index is 2.20. The van der Waals surface area contributed by atoms with Crippen molar-refractivity contribution in [3.63, 3.8) is 0 Å². The molecule has 1 saturated heterocycles. The van der Waals surface area contributed by atoms with Gasteiger partial charge in [-0.2, -0.15) is 0 Å². The smallest absolute Gasteiger partial charge is 0.179 e. The third-order valence-corrected chi connectivity index (χ3v) is 4.73. The maximum atomic E-state index is 11.7. The normalized spacial score (nSPS) is 25.2. The number of hydrogen-bond donors (Lipinski definition) is 1. The molecule has 1 aliphatic rings. The summed E-state index contributed by atoms with van der Waals surface area (Å²) < 4.78 is 23.5. The lowest BCUT2D eigenvalue weighted by Gasteiger charge is -2.35. The lowest BCUT2D eigenvalue weighted by molar-refractivity contribution is 0.206. The summed E-state index contributed by atoms with van der Waals surface area (Å²) in [6.07, 6.45) is 3.83. The standard InChI is InChI=1S/C13H21N3O2S/c1-10-9-16(2)8-6-11(10)15-13-12(19(3,17)18)5-4-7-14-13/h4-5,7,10-11H,6,8-9H2,1-3H3,(H,14,15). The number of rotatable bonds is 3. The summed E-state index contributed by atoms with van der Waals surface area (Å²) >= 11 is 0. The van der Waals surface area contributed by atoms with Crippen LogP contribution in [0.5, 0.6) is 0 Å². The fraction of sp³-hybridized carbons (Fsp3) is 0.615. The quantitative estimate of drug-likeness (QED) is 0.904. The van der Waals surface area contributed by atoms with E-state index in [9.17, 15) is 8.42 Å². The van der Waals surface area contributed by atoms with Crippen LogP contribution < -0.4 is 5.32 Å². The van der Waals surface area contributed by atoms with Crippen LogP contribution in [0.4, 0.5) is 5.82 Å². The first-order valence-corrected chi connectivity index (χ1v) is 8.37. The molecule has 0 aliphatic carbocycles. The molecule has 0 bridgehead atoms. The minimum Gasteiger partial charge on any atom is -0.366 e. The molecule has 0 aromatic carbocycles. The van der Waals surface area contributed by atoms with E-state index in [1.165, 1.54) is 6.26 Å². The van der Waals surface area contributed by atoms with Gasteiger partial charge in [-0.15, -0.1) is 0 Å². The molecule has 5 nitrogen and oxygen atoms in total. The predicted molar refractivity (Wildman–Crippen MR) is 76.0 cm³/mol. The molecule has 0 saturated carbocycles. The molecule has 6 heteroatoms. The zero-order valence-corrected chi connectivity index (χ0v) is 12.4. The molecular formula is C13H21N3O2S. The number of piperidine rings is 1. The van der Waals surface area contributed by atoms with E-state index in [2.05, 4.69) is 29.2 Å². The average molecular weight is 283 g/mol. The molecule has 2 heterocycles. The van der Waals surface area contributed by atoms with Crippen molar-refractivity contribution in [2.24, 2.45) is 5.92 Å². The maximum absolute atomic E-state index is 11.7. The van der Waals surface area contributed by atoms with Crippen molar-refractivity contribution in [1.29, 1.82) is 0 Å². The van der Waals surface area contributed by atoms with E-state index in [-0.39, 0.29) is 10.9 Å². The second-order valence-corrected chi connectivity index (χ2v) is 7.39. The summed E-state index contributed by atoms with van der Waals surface area (Å²) in [5.41, 5.74) is 0. The highest BCUT2D eigenvalue weighted by Gasteiger charge is 2.26. The molecule has 19 heavy (non-hydrogen) atoms. The Labute approximate surface area is 114 Å². The van der Waals surface area contributed by atoms with E-state index in [0.29, 0.717) is 11.7 Å². The molecule has 2 atom stereocenters. The van der Waals surface area contributed by atoms with Crippen LogP contribution in [-0.2, 0) is 9.84 Å². The van der Waals surface area contributed by atoms with Gasteiger partial charge in [0.15, 0.2) is 9.84 Å². The third kappa shape index (κ3) is 3.45. The van der Waals surface area contributed by atoms with Crippen molar-refractivity contribution in [2.75, 3.05) is 31.7 Å². The highest BCUT2D eigenvalue weighted by atomic mass is 32.2. The summed E-state index contributed by atoms with van der Waals surface area (Å²) in [5, 5.41) is 3.31. The van der Waals surface area contributed by atoms with Gasteiger partial charge in [-0.1, -0.05) is 6.92 Å². The molecule has 0 spiro atoms. The van der Waals surface area contributed by atoms with Gasteiger partial charge in [0, 0.05) is 25.0 Å². The number of hydrogen-bond acceptors (Lipinski definition) is 5. The van der Waals surface area contributed by atoms with Crippen molar-refractivity contribution >= 4 is 15.7 Å². The second-order valence-electron chi connectivity index (χ2n) is 5.40. The Bertz CT molecular complexity index is 545. The molecule has 1 aromatic heterocycles. The van der Waals surface area contributed by atoms with Crippen molar-refractivity contribution in [1.82, 2.24) is 9.88 Å². The zero-order chi connectivity index (χ0) is 14.0. The first-order chi connectivity index (χ1) is 8.88. The molecule has 1 aromatic rings.